The standard InChI is InChI=1S/C17H21N3O3/c1-17(2,3)23-16(22)18-7-8-20-11-15(10-19-20)14-6-4-5-13(9-14)12-21/h4-6,9-12H,7-8H2,1-3H3,(H,18,22). The number of nitrogens with one attached hydrogen (secondary N) is 1. The molecule has 122 valence electrons. The molecule has 1 amide bonds. The molecule has 1 aromatic heterocycles. The van der Waals surface area contributed by atoms with Crippen LogP contribution in [0.3, 0.4) is 0 Å². The summed E-state index contributed by atoms with van der Waals surface area (Å²) in [7, 11) is 0. The number of aldehydes is 1. The van der Waals surface area contributed by atoms with Crippen molar-refractivity contribution in [2.75, 3.05) is 6.54 Å². The Kier molecular flexibility index (Phi) is 5.16. The number of hydrogen-bond donors (Lipinski definition) is 1. The lowest BCUT2D eigenvalue weighted by atomic mass is 10.1. The third kappa shape index (κ3) is 5.25. The highest BCUT2D eigenvalue weighted by molar-refractivity contribution is 5.78. The van der Waals surface area contributed by atoms with Crippen molar-refractivity contribution in [3.05, 3.63) is 42.2 Å². The molecule has 0 radical (unpaired) electrons. The van der Waals surface area contributed by atoms with Gasteiger partial charge in [0.1, 0.15) is 11.9 Å². The second-order valence-electron chi connectivity index (χ2n) is 6.16. The molecule has 0 aliphatic heterocycles. The van der Waals surface area contributed by atoms with Crippen molar-refractivity contribution in [3.8, 4) is 11.1 Å². The minimum Gasteiger partial charge on any atom is -0.444 e. The summed E-state index contributed by atoms with van der Waals surface area (Å²) >= 11 is 0. The van der Waals surface area contributed by atoms with Gasteiger partial charge in [-0.25, -0.2) is 4.79 Å². The summed E-state index contributed by atoms with van der Waals surface area (Å²) < 4.78 is 6.90. The number of carbonyl (C=O) groups excluding carboxylic acids is 2. The fraction of sp³-hybridized carbons (Fsp3) is 0.353. The smallest absolute Gasteiger partial charge is 0.407 e. The molecule has 0 atom stereocenters. The van der Waals surface area contributed by atoms with Crippen molar-refractivity contribution in [1.29, 1.82) is 0 Å². The predicted molar refractivity (Wildman–Crippen MR) is 87.3 cm³/mol. The van der Waals surface area contributed by atoms with E-state index in [0.29, 0.717) is 18.7 Å². The van der Waals surface area contributed by atoms with E-state index in [1.54, 1.807) is 16.9 Å². The maximum absolute atomic E-state index is 11.6. The highest BCUT2D eigenvalue weighted by atomic mass is 16.6. The maximum atomic E-state index is 11.6. The molecule has 0 aliphatic rings. The molecule has 1 heterocycles. The number of benzene rings is 1. The lowest BCUT2D eigenvalue weighted by Gasteiger charge is -2.19. The zero-order valence-electron chi connectivity index (χ0n) is 13.6. The molecule has 0 bridgehead atoms. The van der Waals surface area contributed by atoms with Crippen LogP contribution >= 0.6 is 0 Å². The van der Waals surface area contributed by atoms with Gasteiger partial charge >= 0.3 is 6.09 Å². The van der Waals surface area contributed by atoms with Crippen LogP contribution in [0, 0.1) is 0 Å². The second-order valence-corrected chi connectivity index (χ2v) is 6.16. The molecule has 0 saturated carbocycles. The monoisotopic (exact) mass is 315 g/mol. The van der Waals surface area contributed by atoms with E-state index >= 15 is 0 Å². The van der Waals surface area contributed by atoms with E-state index in [2.05, 4.69) is 10.4 Å². The first kappa shape index (κ1) is 16.7. The van der Waals surface area contributed by atoms with Crippen molar-refractivity contribution >= 4 is 12.4 Å². The van der Waals surface area contributed by atoms with E-state index in [9.17, 15) is 9.59 Å². The van der Waals surface area contributed by atoms with Crippen LogP contribution < -0.4 is 5.32 Å². The predicted octanol–water partition coefficient (Wildman–Crippen LogP) is 2.89. The lowest BCUT2D eigenvalue weighted by molar-refractivity contribution is 0.0525. The van der Waals surface area contributed by atoms with Crippen LogP contribution in [0.1, 0.15) is 31.1 Å². The number of nitrogens with zero attached hydrogens (tertiary/aromatic N) is 2. The van der Waals surface area contributed by atoms with Gasteiger partial charge in [-0.3, -0.25) is 9.48 Å². The zero-order chi connectivity index (χ0) is 16.9. The maximum Gasteiger partial charge on any atom is 0.407 e. The van der Waals surface area contributed by atoms with Gasteiger partial charge in [0.25, 0.3) is 0 Å². The Morgan fingerprint density at radius 3 is 2.83 bits per heavy atom. The lowest BCUT2D eigenvalue weighted by Crippen LogP contribution is -2.34. The Morgan fingerprint density at radius 1 is 1.35 bits per heavy atom. The van der Waals surface area contributed by atoms with Crippen molar-refractivity contribution < 1.29 is 14.3 Å². The number of alkyl carbamates (subject to hydrolysis) is 1. The highest BCUT2D eigenvalue weighted by Gasteiger charge is 2.15. The Bertz CT molecular complexity index is 686. The topological polar surface area (TPSA) is 73.2 Å². The molecule has 23 heavy (non-hydrogen) atoms. The van der Waals surface area contributed by atoms with Crippen LogP contribution in [0.5, 0.6) is 0 Å². The van der Waals surface area contributed by atoms with Crippen LogP contribution in [0.15, 0.2) is 36.7 Å². The number of amides is 1. The van der Waals surface area contributed by atoms with E-state index in [1.165, 1.54) is 0 Å². The van der Waals surface area contributed by atoms with Crippen molar-refractivity contribution in [2.45, 2.75) is 32.9 Å². The summed E-state index contributed by atoms with van der Waals surface area (Å²) in [5.74, 6) is 0. The molecular formula is C17H21N3O3. The molecular weight excluding hydrogens is 294 g/mol. The minimum absolute atomic E-state index is 0.421. The second kappa shape index (κ2) is 7.09. The van der Waals surface area contributed by atoms with Crippen LogP contribution in [0.2, 0.25) is 0 Å². The van der Waals surface area contributed by atoms with Gasteiger partial charge in [-0.15, -0.1) is 0 Å². The summed E-state index contributed by atoms with van der Waals surface area (Å²) in [6.45, 7) is 6.41. The molecule has 1 aromatic carbocycles. The van der Waals surface area contributed by atoms with Crippen molar-refractivity contribution in [3.63, 3.8) is 0 Å². The van der Waals surface area contributed by atoms with E-state index in [-0.39, 0.29) is 0 Å². The van der Waals surface area contributed by atoms with E-state index in [4.69, 9.17) is 4.74 Å². The highest BCUT2D eigenvalue weighted by Crippen LogP contribution is 2.19. The molecule has 0 unspecified atom stereocenters. The molecule has 2 aromatic rings. The average Bonchev–Trinajstić information content (AvgIpc) is 2.94. The zero-order valence-corrected chi connectivity index (χ0v) is 13.6. The van der Waals surface area contributed by atoms with Crippen LogP contribution in [-0.4, -0.2) is 34.3 Å². The Balaban J connectivity index is 1.90. The van der Waals surface area contributed by atoms with Crippen LogP contribution in [0.4, 0.5) is 4.79 Å². The Labute approximate surface area is 135 Å². The summed E-state index contributed by atoms with van der Waals surface area (Å²) in [6.07, 6.45) is 3.99. The summed E-state index contributed by atoms with van der Waals surface area (Å²) in [5, 5.41) is 6.94. The van der Waals surface area contributed by atoms with Gasteiger partial charge in [0.05, 0.1) is 12.7 Å². The molecule has 2 rings (SSSR count). The summed E-state index contributed by atoms with van der Waals surface area (Å²) in [6, 6.07) is 7.33. The van der Waals surface area contributed by atoms with Gasteiger partial charge in [-0.05, 0) is 32.4 Å². The molecule has 0 aliphatic carbocycles. The van der Waals surface area contributed by atoms with Crippen molar-refractivity contribution in [2.24, 2.45) is 0 Å². The van der Waals surface area contributed by atoms with E-state index in [0.717, 1.165) is 17.4 Å². The Hall–Kier alpha value is -2.63. The molecule has 0 saturated heterocycles. The number of carbonyl (C=O) groups is 2. The third-order valence-corrected chi connectivity index (χ3v) is 3.00. The van der Waals surface area contributed by atoms with Gasteiger partial charge < -0.3 is 10.1 Å². The minimum atomic E-state index is -0.507. The number of hydrogen-bond acceptors (Lipinski definition) is 4. The SMILES string of the molecule is CC(C)(C)OC(=O)NCCn1cc(-c2cccc(C=O)c2)cn1. The first-order chi connectivity index (χ1) is 10.9. The van der Waals surface area contributed by atoms with E-state index in [1.807, 2.05) is 45.2 Å². The quantitative estimate of drug-likeness (QED) is 0.861. The van der Waals surface area contributed by atoms with Crippen LogP contribution in [0.25, 0.3) is 11.1 Å². The molecule has 6 nitrogen and oxygen atoms in total. The summed E-state index contributed by atoms with van der Waals surface area (Å²) in [4.78, 5) is 22.4. The fourth-order valence-corrected chi connectivity index (χ4v) is 2.01. The van der Waals surface area contributed by atoms with Gasteiger partial charge in [0.2, 0.25) is 0 Å². The van der Waals surface area contributed by atoms with Gasteiger partial charge in [0.15, 0.2) is 0 Å². The van der Waals surface area contributed by atoms with Gasteiger partial charge in [-0.2, -0.15) is 5.10 Å². The number of ether oxygens (including phenoxy) is 1. The van der Waals surface area contributed by atoms with Gasteiger partial charge in [-0.1, -0.05) is 18.2 Å². The van der Waals surface area contributed by atoms with Crippen LogP contribution in [-0.2, 0) is 11.3 Å². The fourth-order valence-electron chi connectivity index (χ4n) is 2.01. The average molecular weight is 315 g/mol. The van der Waals surface area contributed by atoms with Crippen molar-refractivity contribution in [1.82, 2.24) is 15.1 Å². The molecule has 0 fully saturated rings. The Morgan fingerprint density at radius 2 is 2.13 bits per heavy atom. The molecule has 0 spiro atoms. The molecule has 6 heteroatoms. The first-order valence-electron chi connectivity index (χ1n) is 7.42. The first-order valence-corrected chi connectivity index (χ1v) is 7.42. The normalized spacial score (nSPS) is 11.1. The number of rotatable bonds is 5. The third-order valence-electron chi connectivity index (χ3n) is 3.00. The molecule has 1 N–H and O–H groups in total. The van der Waals surface area contributed by atoms with Gasteiger partial charge in [0, 0.05) is 23.9 Å². The van der Waals surface area contributed by atoms with E-state index < -0.39 is 11.7 Å². The number of aromatic nitrogens is 2. The largest absolute Gasteiger partial charge is 0.444 e. The summed E-state index contributed by atoms with van der Waals surface area (Å²) in [5.41, 5.74) is 1.97.